The van der Waals surface area contributed by atoms with Gasteiger partial charge >= 0.3 is 5.97 Å². The zero-order valence-corrected chi connectivity index (χ0v) is 20.9. The van der Waals surface area contributed by atoms with Crippen molar-refractivity contribution in [2.75, 3.05) is 32.1 Å². The molecule has 35 heavy (non-hydrogen) atoms. The lowest BCUT2D eigenvalue weighted by Gasteiger charge is -2.36. The molecule has 1 saturated heterocycles. The normalized spacial score (nSPS) is 17.3. The highest BCUT2D eigenvalue weighted by Crippen LogP contribution is 2.31. The maximum Gasteiger partial charge on any atom is 0.325 e. The molecule has 1 aromatic heterocycles. The summed E-state index contributed by atoms with van der Waals surface area (Å²) in [6.45, 7) is 4.14. The van der Waals surface area contributed by atoms with E-state index in [1.165, 1.54) is 5.56 Å². The van der Waals surface area contributed by atoms with Crippen LogP contribution >= 0.6 is 0 Å². The number of carboxylic acid groups (broad SMARTS) is 1. The number of rotatable bonds is 10. The van der Waals surface area contributed by atoms with Crippen LogP contribution in [0.5, 0.6) is 5.75 Å². The monoisotopic (exact) mass is 479 g/mol. The lowest BCUT2D eigenvalue weighted by molar-refractivity contribution is -0.144. The van der Waals surface area contributed by atoms with Gasteiger partial charge in [-0.3, -0.25) is 14.5 Å². The number of aromatic nitrogens is 1. The molecule has 2 aromatic rings. The lowest BCUT2D eigenvalue weighted by atomic mass is 9.88. The number of ether oxygens (including phenoxy) is 1. The molecule has 0 radical (unpaired) electrons. The van der Waals surface area contributed by atoms with E-state index in [-0.39, 0.29) is 5.92 Å². The molecule has 0 spiro atoms. The Morgan fingerprint density at radius 1 is 1.20 bits per heavy atom. The number of ketones is 1. The van der Waals surface area contributed by atoms with Crippen molar-refractivity contribution in [1.82, 2.24) is 9.88 Å². The van der Waals surface area contributed by atoms with Crippen LogP contribution in [0.4, 0.5) is 5.82 Å². The van der Waals surface area contributed by atoms with Crippen LogP contribution in [0.2, 0.25) is 0 Å². The standard InChI is InChI=1S/C28H37N3O4/c1-19-18-23(35-2)11-12-24(19)26(28(33)34)31-16-13-20(14-17-31)25(32)8-4-3-7-22-10-9-21-6-5-15-29-27(21)30-22/h9-12,18,20,26H,3-8,13-17H2,1-2H3,(H,29,30)(H,33,34). The molecule has 188 valence electrons. The van der Waals surface area contributed by atoms with E-state index in [0.717, 1.165) is 79.9 Å². The number of carbonyl (C=O) groups excluding carboxylic acids is 1. The van der Waals surface area contributed by atoms with Gasteiger partial charge in [-0.1, -0.05) is 12.1 Å². The van der Waals surface area contributed by atoms with Crippen LogP contribution in [0.3, 0.4) is 0 Å². The first-order chi connectivity index (χ1) is 17.0. The van der Waals surface area contributed by atoms with E-state index in [9.17, 15) is 14.7 Å². The van der Waals surface area contributed by atoms with E-state index in [1.807, 2.05) is 30.0 Å². The Hall–Kier alpha value is -2.93. The minimum atomic E-state index is -0.853. The molecule has 1 unspecified atom stereocenters. The summed E-state index contributed by atoms with van der Waals surface area (Å²) in [7, 11) is 1.60. The van der Waals surface area contributed by atoms with Crippen LogP contribution in [0.25, 0.3) is 0 Å². The van der Waals surface area contributed by atoms with Gasteiger partial charge in [0.05, 0.1) is 7.11 Å². The van der Waals surface area contributed by atoms with Gasteiger partial charge in [-0.2, -0.15) is 0 Å². The highest BCUT2D eigenvalue weighted by molar-refractivity contribution is 5.81. The molecule has 7 nitrogen and oxygen atoms in total. The summed E-state index contributed by atoms with van der Waals surface area (Å²) in [5.41, 5.74) is 4.08. The van der Waals surface area contributed by atoms with Crippen LogP contribution in [0.15, 0.2) is 30.3 Å². The molecule has 7 heteroatoms. The second-order valence-electron chi connectivity index (χ2n) is 9.79. The number of nitrogens with one attached hydrogen (secondary N) is 1. The summed E-state index contributed by atoms with van der Waals surface area (Å²) in [5.74, 6) is 1.25. The molecule has 0 amide bonds. The molecule has 2 aliphatic rings. The fourth-order valence-corrected chi connectivity index (χ4v) is 5.37. The number of aryl methyl sites for hydroxylation is 3. The van der Waals surface area contributed by atoms with Crippen LogP contribution in [0.1, 0.15) is 67.0 Å². The van der Waals surface area contributed by atoms with Gasteiger partial charge in [0.15, 0.2) is 0 Å². The number of likely N-dealkylation sites (tertiary alicyclic amines) is 1. The Kier molecular flexibility index (Phi) is 8.39. The molecule has 2 N–H and O–H groups in total. The Morgan fingerprint density at radius 3 is 2.71 bits per heavy atom. The number of methoxy groups -OCH3 is 1. The summed E-state index contributed by atoms with van der Waals surface area (Å²) in [5, 5.41) is 13.3. The average Bonchev–Trinajstić information content (AvgIpc) is 2.87. The van der Waals surface area contributed by atoms with E-state index in [2.05, 4.69) is 17.4 Å². The highest BCUT2D eigenvalue weighted by Gasteiger charge is 2.33. The highest BCUT2D eigenvalue weighted by atomic mass is 16.5. The fourth-order valence-electron chi connectivity index (χ4n) is 5.37. The number of fused-ring (bicyclic) bond motifs is 1. The van der Waals surface area contributed by atoms with E-state index >= 15 is 0 Å². The molecule has 4 rings (SSSR count). The zero-order chi connectivity index (χ0) is 24.8. The lowest BCUT2D eigenvalue weighted by Crippen LogP contribution is -2.41. The van der Waals surface area contributed by atoms with Crippen molar-refractivity contribution in [2.24, 2.45) is 5.92 Å². The smallest absolute Gasteiger partial charge is 0.325 e. The van der Waals surface area contributed by atoms with Gasteiger partial charge in [0.1, 0.15) is 23.4 Å². The van der Waals surface area contributed by atoms with Gasteiger partial charge in [0.2, 0.25) is 0 Å². The first kappa shape index (κ1) is 25.2. The molecular formula is C28H37N3O4. The first-order valence-electron chi connectivity index (χ1n) is 12.8. The number of benzene rings is 1. The number of nitrogens with zero attached hydrogens (tertiary/aromatic N) is 2. The molecule has 1 aromatic carbocycles. The average molecular weight is 480 g/mol. The number of hydrogen-bond acceptors (Lipinski definition) is 6. The topological polar surface area (TPSA) is 91.8 Å². The summed E-state index contributed by atoms with van der Waals surface area (Å²) in [6, 6.07) is 9.13. The summed E-state index contributed by atoms with van der Waals surface area (Å²) < 4.78 is 5.26. The van der Waals surface area contributed by atoms with E-state index in [4.69, 9.17) is 9.72 Å². The molecule has 0 aliphatic carbocycles. The Morgan fingerprint density at radius 2 is 2.00 bits per heavy atom. The van der Waals surface area contributed by atoms with E-state index in [0.29, 0.717) is 25.3 Å². The van der Waals surface area contributed by atoms with Crippen molar-refractivity contribution in [2.45, 2.75) is 64.3 Å². The number of piperidine rings is 1. The first-order valence-corrected chi connectivity index (χ1v) is 12.8. The predicted molar refractivity (Wildman–Crippen MR) is 136 cm³/mol. The minimum Gasteiger partial charge on any atom is -0.497 e. The van der Waals surface area contributed by atoms with Crippen LogP contribution in [0, 0.1) is 12.8 Å². The summed E-state index contributed by atoms with van der Waals surface area (Å²) >= 11 is 0. The maximum absolute atomic E-state index is 12.8. The SMILES string of the molecule is COc1ccc(C(C(=O)O)N2CCC(C(=O)CCCCc3ccc4c(n3)NCCC4)CC2)c(C)c1. The molecular weight excluding hydrogens is 442 g/mol. The van der Waals surface area contributed by atoms with Crippen molar-refractivity contribution in [3.8, 4) is 5.75 Å². The van der Waals surface area contributed by atoms with Crippen molar-refractivity contribution in [3.05, 3.63) is 52.7 Å². The van der Waals surface area contributed by atoms with Crippen molar-refractivity contribution < 1.29 is 19.4 Å². The van der Waals surface area contributed by atoms with Gasteiger partial charge in [0, 0.05) is 24.6 Å². The number of anilines is 1. The third-order valence-electron chi connectivity index (χ3n) is 7.41. The summed E-state index contributed by atoms with van der Waals surface area (Å²) in [4.78, 5) is 31.7. The summed E-state index contributed by atoms with van der Waals surface area (Å²) in [6.07, 6.45) is 6.99. The molecule has 1 atom stereocenters. The maximum atomic E-state index is 12.8. The number of unbranched alkanes of at least 4 members (excludes halogenated alkanes) is 1. The van der Waals surface area contributed by atoms with Crippen molar-refractivity contribution >= 4 is 17.6 Å². The molecule has 3 heterocycles. The number of pyridine rings is 1. The zero-order valence-electron chi connectivity index (χ0n) is 20.9. The van der Waals surface area contributed by atoms with Gasteiger partial charge < -0.3 is 15.2 Å². The minimum absolute atomic E-state index is 0.0312. The number of aliphatic carboxylic acids is 1. The Bertz CT molecular complexity index is 1050. The van der Waals surface area contributed by atoms with Crippen LogP contribution in [-0.4, -0.2) is 53.5 Å². The van der Waals surface area contributed by atoms with Gasteiger partial charge in [-0.15, -0.1) is 0 Å². The quantitative estimate of drug-likeness (QED) is 0.482. The number of carbonyl (C=O) groups is 2. The van der Waals surface area contributed by atoms with Gasteiger partial charge in [-0.25, -0.2) is 4.98 Å². The fraction of sp³-hybridized carbons (Fsp3) is 0.536. The molecule has 0 bridgehead atoms. The van der Waals surface area contributed by atoms with Crippen molar-refractivity contribution in [3.63, 3.8) is 0 Å². The van der Waals surface area contributed by atoms with E-state index < -0.39 is 12.0 Å². The predicted octanol–water partition coefficient (Wildman–Crippen LogP) is 4.58. The number of hydrogen-bond donors (Lipinski definition) is 2. The second kappa shape index (κ2) is 11.7. The van der Waals surface area contributed by atoms with Crippen LogP contribution in [-0.2, 0) is 22.4 Å². The molecule has 1 fully saturated rings. The largest absolute Gasteiger partial charge is 0.497 e. The number of carboxylic acids is 1. The van der Waals surface area contributed by atoms with Crippen LogP contribution < -0.4 is 10.1 Å². The third-order valence-corrected chi connectivity index (χ3v) is 7.41. The third kappa shape index (κ3) is 6.20. The van der Waals surface area contributed by atoms with Gasteiger partial charge in [0.25, 0.3) is 0 Å². The van der Waals surface area contributed by atoms with E-state index in [1.54, 1.807) is 7.11 Å². The number of Topliss-reactive ketones (excluding diaryl/α,β-unsaturated/α-hetero) is 1. The van der Waals surface area contributed by atoms with Crippen molar-refractivity contribution in [1.29, 1.82) is 0 Å². The Balaban J connectivity index is 1.24. The van der Waals surface area contributed by atoms with Gasteiger partial charge in [-0.05, 0) is 99.8 Å². The molecule has 2 aliphatic heterocycles. The second-order valence-corrected chi connectivity index (χ2v) is 9.79. The Labute approximate surface area is 207 Å². The molecule has 0 saturated carbocycles.